The number of halogens is 1. The molecule has 0 aliphatic carbocycles. The van der Waals surface area contributed by atoms with Crippen LogP contribution in [0.3, 0.4) is 0 Å². The van der Waals surface area contributed by atoms with E-state index in [4.69, 9.17) is 16.3 Å². The molecule has 0 aromatic heterocycles. The number of esters is 1. The first-order chi connectivity index (χ1) is 10.9. The monoisotopic (exact) mass is 338 g/mol. The standard InChI is InChI=1S/C17H23ClN2O3/c1-11(2)19-17(22)20-8-4-5-13(10-20)16(21)23-15-9-12(3)6-7-14(15)18/h6-7,9,11,13H,4-5,8,10H2,1-3H3,(H,19,22)/t13-/m0/s1. The van der Waals surface area contributed by atoms with E-state index in [1.807, 2.05) is 26.8 Å². The first-order valence-corrected chi connectivity index (χ1v) is 8.28. The summed E-state index contributed by atoms with van der Waals surface area (Å²) in [6.07, 6.45) is 1.50. The van der Waals surface area contributed by atoms with E-state index in [1.54, 1.807) is 17.0 Å². The van der Waals surface area contributed by atoms with Gasteiger partial charge >= 0.3 is 12.0 Å². The highest BCUT2D eigenvalue weighted by atomic mass is 35.5. The molecular formula is C17H23ClN2O3. The molecule has 1 saturated heterocycles. The van der Waals surface area contributed by atoms with Gasteiger partial charge in [-0.05, 0) is 51.3 Å². The van der Waals surface area contributed by atoms with E-state index in [0.717, 1.165) is 12.0 Å². The van der Waals surface area contributed by atoms with Crippen molar-refractivity contribution >= 4 is 23.6 Å². The van der Waals surface area contributed by atoms with Gasteiger partial charge in [0.15, 0.2) is 0 Å². The molecule has 1 aliphatic rings. The fraction of sp³-hybridized carbons (Fsp3) is 0.529. The number of carbonyl (C=O) groups is 2. The number of amides is 2. The Bertz CT molecular complexity index is 589. The Morgan fingerprint density at radius 1 is 1.39 bits per heavy atom. The maximum absolute atomic E-state index is 12.4. The minimum absolute atomic E-state index is 0.0703. The third kappa shape index (κ3) is 4.86. The van der Waals surface area contributed by atoms with Crippen LogP contribution in [0.2, 0.25) is 5.02 Å². The Morgan fingerprint density at radius 2 is 2.13 bits per heavy atom. The zero-order chi connectivity index (χ0) is 17.0. The second-order valence-corrected chi connectivity index (χ2v) is 6.65. The highest BCUT2D eigenvalue weighted by molar-refractivity contribution is 6.32. The highest BCUT2D eigenvalue weighted by Crippen LogP contribution is 2.27. The van der Waals surface area contributed by atoms with Gasteiger partial charge in [-0.3, -0.25) is 4.79 Å². The van der Waals surface area contributed by atoms with Crippen LogP contribution in [0.4, 0.5) is 4.79 Å². The van der Waals surface area contributed by atoms with Gasteiger partial charge in [0.05, 0.1) is 10.9 Å². The normalized spacial score (nSPS) is 18.0. The molecule has 1 aromatic carbocycles. The number of hydrogen-bond acceptors (Lipinski definition) is 3. The Labute approximate surface area is 141 Å². The number of nitrogens with zero attached hydrogens (tertiary/aromatic N) is 1. The van der Waals surface area contributed by atoms with Gasteiger partial charge in [-0.2, -0.15) is 0 Å². The number of ether oxygens (including phenoxy) is 1. The summed E-state index contributed by atoms with van der Waals surface area (Å²) in [5, 5.41) is 3.26. The van der Waals surface area contributed by atoms with Crippen LogP contribution < -0.4 is 10.1 Å². The number of hydrogen-bond donors (Lipinski definition) is 1. The molecule has 126 valence electrons. The van der Waals surface area contributed by atoms with Gasteiger partial charge in [0.2, 0.25) is 0 Å². The zero-order valence-electron chi connectivity index (χ0n) is 13.8. The number of likely N-dealkylation sites (tertiary alicyclic amines) is 1. The van der Waals surface area contributed by atoms with Crippen molar-refractivity contribution in [3.05, 3.63) is 28.8 Å². The molecular weight excluding hydrogens is 316 g/mol. The molecule has 0 spiro atoms. The molecule has 23 heavy (non-hydrogen) atoms. The average Bonchev–Trinajstić information content (AvgIpc) is 2.50. The number of rotatable bonds is 3. The van der Waals surface area contributed by atoms with E-state index in [1.165, 1.54) is 0 Å². The Kier molecular flexibility index (Phi) is 5.88. The second kappa shape index (κ2) is 7.68. The quantitative estimate of drug-likeness (QED) is 0.679. The summed E-state index contributed by atoms with van der Waals surface area (Å²) in [6.45, 7) is 6.77. The van der Waals surface area contributed by atoms with Crippen LogP contribution in [0.25, 0.3) is 0 Å². The molecule has 2 amide bonds. The predicted octanol–water partition coefficient (Wildman–Crippen LogP) is 3.38. The van der Waals surface area contributed by atoms with E-state index in [0.29, 0.717) is 30.3 Å². The highest BCUT2D eigenvalue weighted by Gasteiger charge is 2.30. The van der Waals surface area contributed by atoms with Crippen molar-refractivity contribution in [2.45, 2.75) is 39.7 Å². The number of nitrogens with one attached hydrogen (secondary N) is 1. The van der Waals surface area contributed by atoms with Gasteiger partial charge in [-0.15, -0.1) is 0 Å². The van der Waals surface area contributed by atoms with Gasteiger partial charge in [0.1, 0.15) is 5.75 Å². The summed E-state index contributed by atoms with van der Waals surface area (Å²) in [7, 11) is 0. The smallest absolute Gasteiger partial charge is 0.317 e. The van der Waals surface area contributed by atoms with Crippen molar-refractivity contribution in [3.63, 3.8) is 0 Å². The Morgan fingerprint density at radius 3 is 2.83 bits per heavy atom. The lowest BCUT2D eigenvalue weighted by atomic mass is 9.98. The molecule has 2 rings (SSSR count). The van der Waals surface area contributed by atoms with Gasteiger partial charge < -0.3 is 15.0 Å². The number of aryl methyl sites for hydroxylation is 1. The van der Waals surface area contributed by atoms with Gasteiger partial charge in [-0.1, -0.05) is 17.7 Å². The van der Waals surface area contributed by atoms with Crippen LogP contribution in [-0.4, -0.2) is 36.0 Å². The lowest BCUT2D eigenvalue weighted by Crippen LogP contribution is -2.49. The Balaban J connectivity index is 1.99. The van der Waals surface area contributed by atoms with E-state index >= 15 is 0 Å². The molecule has 0 unspecified atom stereocenters. The minimum Gasteiger partial charge on any atom is -0.425 e. The number of piperidine rings is 1. The molecule has 0 saturated carbocycles. The first-order valence-electron chi connectivity index (χ1n) is 7.90. The van der Waals surface area contributed by atoms with Crippen LogP contribution in [0.15, 0.2) is 18.2 Å². The molecule has 1 N–H and O–H groups in total. The molecule has 1 fully saturated rings. The lowest BCUT2D eigenvalue weighted by Gasteiger charge is -2.32. The van der Waals surface area contributed by atoms with Gasteiger partial charge in [-0.25, -0.2) is 4.79 Å². The zero-order valence-corrected chi connectivity index (χ0v) is 14.5. The number of benzene rings is 1. The fourth-order valence-corrected chi connectivity index (χ4v) is 2.73. The maximum atomic E-state index is 12.4. The summed E-state index contributed by atoms with van der Waals surface area (Å²) >= 11 is 6.06. The van der Waals surface area contributed by atoms with Gasteiger partial charge in [0, 0.05) is 19.1 Å². The summed E-state index contributed by atoms with van der Waals surface area (Å²) in [5.41, 5.74) is 0.971. The van der Waals surface area contributed by atoms with E-state index in [-0.39, 0.29) is 24.0 Å². The van der Waals surface area contributed by atoms with Crippen molar-refractivity contribution in [3.8, 4) is 5.75 Å². The topological polar surface area (TPSA) is 58.6 Å². The van der Waals surface area contributed by atoms with E-state index in [2.05, 4.69) is 5.32 Å². The van der Waals surface area contributed by atoms with Crippen LogP contribution in [0.5, 0.6) is 5.75 Å². The summed E-state index contributed by atoms with van der Waals surface area (Å²) in [6, 6.07) is 5.25. The Hall–Kier alpha value is -1.75. The third-order valence-corrected chi connectivity index (χ3v) is 4.06. The average molecular weight is 339 g/mol. The third-order valence-electron chi connectivity index (χ3n) is 3.75. The van der Waals surface area contributed by atoms with E-state index < -0.39 is 0 Å². The van der Waals surface area contributed by atoms with Crippen molar-refractivity contribution < 1.29 is 14.3 Å². The van der Waals surface area contributed by atoms with Crippen LogP contribution in [-0.2, 0) is 4.79 Å². The molecule has 0 radical (unpaired) electrons. The SMILES string of the molecule is Cc1ccc(Cl)c(OC(=O)[C@H]2CCCN(C(=O)NC(C)C)C2)c1. The summed E-state index contributed by atoms with van der Waals surface area (Å²) in [5.74, 6) is -0.279. The van der Waals surface area contributed by atoms with Crippen molar-refractivity contribution in [1.29, 1.82) is 0 Å². The molecule has 6 heteroatoms. The van der Waals surface area contributed by atoms with Crippen LogP contribution in [0, 0.1) is 12.8 Å². The van der Waals surface area contributed by atoms with Crippen molar-refractivity contribution in [2.24, 2.45) is 5.92 Å². The van der Waals surface area contributed by atoms with E-state index in [9.17, 15) is 9.59 Å². The molecule has 0 bridgehead atoms. The van der Waals surface area contributed by atoms with Crippen LogP contribution >= 0.6 is 11.6 Å². The fourth-order valence-electron chi connectivity index (χ4n) is 2.57. The molecule has 1 heterocycles. The summed E-state index contributed by atoms with van der Waals surface area (Å²) < 4.78 is 5.45. The molecule has 1 atom stereocenters. The summed E-state index contributed by atoms with van der Waals surface area (Å²) in [4.78, 5) is 26.1. The minimum atomic E-state index is -0.334. The first kappa shape index (κ1) is 17.6. The number of carbonyl (C=O) groups excluding carboxylic acids is 2. The molecule has 5 nitrogen and oxygen atoms in total. The van der Waals surface area contributed by atoms with Crippen LogP contribution in [0.1, 0.15) is 32.3 Å². The van der Waals surface area contributed by atoms with Gasteiger partial charge in [0.25, 0.3) is 0 Å². The maximum Gasteiger partial charge on any atom is 0.317 e. The molecule has 1 aliphatic heterocycles. The second-order valence-electron chi connectivity index (χ2n) is 6.24. The number of urea groups is 1. The molecule has 1 aromatic rings. The largest absolute Gasteiger partial charge is 0.425 e. The van der Waals surface area contributed by atoms with Crippen molar-refractivity contribution in [2.75, 3.05) is 13.1 Å². The predicted molar refractivity (Wildman–Crippen MR) is 89.8 cm³/mol. The lowest BCUT2D eigenvalue weighted by molar-refractivity contribution is -0.140. The van der Waals surface area contributed by atoms with Crippen molar-refractivity contribution in [1.82, 2.24) is 10.2 Å².